The number of nitrogens with one attached hydrogen (secondary N) is 1. The Morgan fingerprint density at radius 1 is 1.50 bits per heavy atom. The van der Waals surface area contributed by atoms with Crippen molar-refractivity contribution in [3.63, 3.8) is 0 Å². The highest BCUT2D eigenvalue weighted by molar-refractivity contribution is 5.93. The standard InChI is InChI=1S/C12H21NO3/c1-11(2,3)9-5-12(8-14,7-13-6-9)10(15)16-4/h8-9,13H,5-7H2,1-4H3/t9-,12-/m1/s1. The molecule has 0 aromatic carbocycles. The third-order valence-corrected chi connectivity index (χ3v) is 3.48. The summed E-state index contributed by atoms with van der Waals surface area (Å²) >= 11 is 0. The van der Waals surface area contributed by atoms with E-state index >= 15 is 0 Å². The van der Waals surface area contributed by atoms with Crippen molar-refractivity contribution in [1.29, 1.82) is 0 Å². The average Bonchev–Trinajstić information content (AvgIpc) is 2.26. The Labute approximate surface area is 96.7 Å². The van der Waals surface area contributed by atoms with Crippen LogP contribution >= 0.6 is 0 Å². The van der Waals surface area contributed by atoms with Gasteiger partial charge in [0.25, 0.3) is 0 Å². The lowest BCUT2D eigenvalue weighted by atomic mass is 9.68. The summed E-state index contributed by atoms with van der Waals surface area (Å²) in [6.45, 7) is 7.60. The van der Waals surface area contributed by atoms with Crippen molar-refractivity contribution >= 4 is 12.3 Å². The number of ether oxygens (including phenoxy) is 1. The molecule has 1 fully saturated rings. The van der Waals surface area contributed by atoms with Crippen molar-refractivity contribution in [1.82, 2.24) is 5.32 Å². The first-order valence-electron chi connectivity index (χ1n) is 5.61. The molecule has 0 aliphatic carbocycles. The van der Waals surface area contributed by atoms with Gasteiger partial charge in [-0.15, -0.1) is 0 Å². The summed E-state index contributed by atoms with van der Waals surface area (Å²) in [5.41, 5.74) is -0.916. The van der Waals surface area contributed by atoms with Crippen molar-refractivity contribution in [3.8, 4) is 0 Å². The second kappa shape index (κ2) is 4.53. The Bertz CT molecular complexity index is 282. The van der Waals surface area contributed by atoms with Crippen LogP contribution in [0.5, 0.6) is 0 Å². The molecular formula is C12H21NO3. The molecule has 0 radical (unpaired) electrons. The molecule has 1 N–H and O–H groups in total. The van der Waals surface area contributed by atoms with E-state index in [0.717, 1.165) is 12.8 Å². The van der Waals surface area contributed by atoms with Crippen molar-refractivity contribution < 1.29 is 14.3 Å². The summed E-state index contributed by atoms with van der Waals surface area (Å²) in [5, 5.41) is 3.17. The van der Waals surface area contributed by atoms with Crippen molar-refractivity contribution in [3.05, 3.63) is 0 Å². The normalized spacial score (nSPS) is 30.9. The molecule has 4 heteroatoms. The third kappa shape index (κ3) is 2.43. The molecule has 0 spiro atoms. The molecule has 1 rings (SSSR count). The van der Waals surface area contributed by atoms with E-state index in [0.29, 0.717) is 18.9 Å². The van der Waals surface area contributed by atoms with E-state index in [1.165, 1.54) is 7.11 Å². The Morgan fingerprint density at radius 3 is 2.56 bits per heavy atom. The van der Waals surface area contributed by atoms with Gasteiger partial charge in [0.1, 0.15) is 11.7 Å². The number of piperidine rings is 1. The highest BCUT2D eigenvalue weighted by atomic mass is 16.5. The van der Waals surface area contributed by atoms with Crippen LogP contribution in [0.25, 0.3) is 0 Å². The molecule has 0 bridgehead atoms. The summed E-state index contributed by atoms with van der Waals surface area (Å²) in [6.07, 6.45) is 1.31. The van der Waals surface area contributed by atoms with Crippen LogP contribution in [0.2, 0.25) is 0 Å². The van der Waals surface area contributed by atoms with Crippen LogP contribution in [0.4, 0.5) is 0 Å². The molecule has 1 saturated heterocycles. The average molecular weight is 227 g/mol. The molecular weight excluding hydrogens is 206 g/mol. The minimum atomic E-state index is -0.995. The molecule has 4 nitrogen and oxygen atoms in total. The summed E-state index contributed by atoms with van der Waals surface area (Å²) in [4.78, 5) is 22.9. The lowest BCUT2D eigenvalue weighted by molar-refractivity contribution is -0.157. The van der Waals surface area contributed by atoms with Gasteiger partial charge in [0, 0.05) is 6.54 Å². The number of esters is 1. The fourth-order valence-electron chi connectivity index (χ4n) is 2.16. The maximum Gasteiger partial charge on any atom is 0.320 e. The smallest absolute Gasteiger partial charge is 0.320 e. The van der Waals surface area contributed by atoms with Gasteiger partial charge < -0.3 is 14.8 Å². The molecule has 2 atom stereocenters. The Kier molecular flexibility index (Phi) is 3.73. The predicted molar refractivity (Wildman–Crippen MR) is 60.9 cm³/mol. The fourth-order valence-corrected chi connectivity index (χ4v) is 2.16. The van der Waals surface area contributed by atoms with Crippen LogP contribution in [0, 0.1) is 16.7 Å². The first-order chi connectivity index (χ1) is 7.35. The van der Waals surface area contributed by atoms with Gasteiger partial charge in [-0.3, -0.25) is 4.79 Å². The minimum Gasteiger partial charge on any atom is -0.468 e. The van der Waals surface area contributed by atoms with Crippen LogP contribution in [0.3, 0.4) is 0 Å². The van der Waals surface area contributed by atoms with Crippen LogP contribution < -0.4 is 5.32 Å². The summed E-state index contributed by atoms with van der Waals surface area (Å²) in [6, 6.07) is 0. The zero-order valence-corrected chi connectivity index (χ0v) is 10.5. The van der Waals surface area contributed by atoms with E-state index < -0.39 is 11.4 Å². The van der Waals surface area contributed by atoms with E-state index in [1.807, 2.05) is 0 Å². The molecule has 0 aromatic rings. The monoisotopic (exact) mass is 227 g/mol. The number of methoxy groups -OCH3 is 1. The van der Waals surface area contributed by atoms with Gasteiger partial charge in [0.15, 0.2) is 0 Å². The largest absolute Gasteiger partial charge is 0.468 e. The van der Waals surface area contributed by atoms with Crippen LogP contribution in [0.1, 0.15) is 27.2 Å². The number of hydrogen-bond donors (Lipinski definition) is 1. The summed E-state index contributed by atoms with van der Waals surface area (Å²) in [7, 11) is 1.33. The number of carbonyl (C=O) groups is 2. The van der Waals surface area contributed by atoms with Gasteiger partial charge in [-0.05, 0) is 24.3 Å². The summed E-state index contributed by atoms with van der Waals surface area (Å²) in [5.74, 6) is -0.130. The maximum absolute atomic E-state index is 11.7. The van der Waals surface area contributed by atoms with E-state index in [2.05, 4.69) is 26.1 Å². The zero-order valence-electron chi connectivity index (χ0n) is 10.5. The molecule has 0 unspecified atom stereocenters. The Balaban J connectivity index is 2.89. The van der Waals surface area contributed by atoms with E-state index in [4.69, 9.17) is 4.74 Å². The van der Waals surface area contributed by atoms with E-state index in [-0.39, 0.29) is 5.41 Å². The first-order valence-corrected chi connectivity index (χ1v) is 5.61. The molecule has 1 aliphatic rings. The van der Waals surface area contributed by atoms with Gasteiger partial charge in [-0.2, -0.15) is 0 Å². The number of hydrogen-bond acceptors (Lipinski definition) is 4. The van der Waals surface area contributed by atoms with E-state index in [9.17, 15) is 9.59 Å². The number of rotatable bonds is 2. The Morgan fingerprint density at radius 2 is 2.12 bits per heavy atom. The third-order valence-electron chi connectivity index (χ3n) is 3.48. The van der Waals surface area contributed by atoms with Gasteiger partial charge in [-0.25, -0.2) is 0 Å². The maximum atomic E-state index is 11.7. The topological polar surface area (TPSA) is 55.4 Å². The zero-order chi connectivity index (χ0) is 12.4. The number of carbonyl (C=O) groups excluding carboxylic acids is 2. The highest BCUT2D eigenvalue weighted by Gasteiger charge is 2.46. The van der Waals surface area contributed by atoms with E-state index in [1.54, 1.807) is 0 Å². The van der Waals surface area contributed by atoms with Gasteiger partial charge >= 0.3 is 5.97 Å². The molecule has 1 aliphatic heterocycles. The minimum absolute atomic E-state index is 0.0791. The SMILES string of the molecule is COC(=O)[C@@]1(C=O)CNC[C@H](C(C)(C)C)C1. The fraction of sp³-hybridized carbons (Fsp3) is 0.833. The molecule has 16 heavy (non-hydrogen) atoms. The predicted octanol–water partition coefficient (Wildman–Crippen LogP) is 1.00. The van der Waals surface area contributed by atoms with Crippen LogP contribution in [-0.2, 0) is 14.3 Å². The first kappa shape index (κ1) is 13.2. The van der Waals surface area contributed by atoms with Crippen molar-refractivity contribution in [2.45, 2.75) is 27.2 Å². The van der Waals surface area contributed by atoms with Crippen LogP contribution in [0.15, 0.2) is 0 Å². The van der Waals surface area contributed by atoms with Crippen molar-refractivity contribution in [2.75, 3.05) is 20.2 Å². The Hall–Kier alpha value is -0.900. The van der Waals surface area contributed by atoms with Crippen molar-refractivity contribution in [2.24, 2.45) is 16.7 Å². The molecule has 0 amide bonds. The van der Waals surface area contributed by atoms with Crippen LogP contribution in [-0.4, -0.2) is 32.5 Å². The number of aldehydes is 1. The molecule has 0 aromatic heterocycles. The highest BCUT2D eigenvalue weighted by Crippen LogP contribution is 2.38. The second-order valence-corrected chi connectivity index (χ2v) is 5.66. The second-order valence-electron chi connectivity index (χ2n) is 5.66. The lowest BCUT2D eigenvalue weighted by Crippen LogP contribution is -2.53. The quantitative estimate of drug-likeness (QED) is 0.434. The summed E-state index contributed by atoms with van der Waals surface area (Å²) < 4.78 is 4.73. The van der Waals surface area contributed by atoms with Gasteiger partial charge in [0.2, 0.25) is 0 Å². The molecule has 92 valence electrons. The molecule has 0 saturated carbocycles. The van der Waals surface area contributed by atoms with Gasteiger partial charge in [-0.1, -0.05) is 20.8 Å². The molecule has 1 heterocycles. The van der Waals surface area contributed by atoms with Gasteiger partial charge in [0.05, 0.1) is 7.11 Å². The lowest BCUT2D eigenvalue weighted by Gasteiger charge is -2.41.